The number of ether oxygens (including phenoxy) is 4. The van der Waals surface area contributed by atoms with Crippen molar-refractivity contribution in [3.63, 3.8) is 0 Å². The van der Waals surface area contributed by atoms with Crippen molar-refractivity contribution in [2.24, 2.45) is 0 Å². The number of hydrogen-bond acceptors (Lipinski definition) is 10. The van der Waals surface area contributed by atoms with Crippen molar-refractivity contribution in [1.82, 2.24) is 0 Å². The molecule has 0 fully saturated rings. The summed E-state index contributed by atoms with van der Waals surface area (Å²) in [4.78, 5) is 43.0. The molecular formula is C54H86BaO10. The van der Waals surface area contributed by atoms with E-state index in [0.717, 1.165) is 89.9 Å². The minimum absolute atomic E-state index is 0. The van der Waals surface area contributed by atoms with E-state index in [0.29, 0.717) is 13.2 Å². The average molecular weight is 1030 g/mol. The van der Waals surface area contributed by atoms with Gasteiger partial charge < -0.3 is 38.7 Å². The molecule has 364 valence electrons. The number of hydrogen-bond donors (Lipinski definition) is 0. The summed E-state index contributed by atoms with van der Waals surface area (Å²) in [7, 11) is 0. The second-order valence-corrected chi connectivity index (χ2v) is 17.7. The fourth-order valence-electron chi connectivity index (χ4n) is 7.84. The first-order valence-corrected chi connectivity index (χ1v) is 25.0. The standard InChI is InChI=1S/2C27H44O5.Ba/c2*1-23(32-24(2)28)20-21-26(31-22-25-16-12-11-13-17-25)18-14-9-7-5-3-4-6-8-10-15-19-27(29)30;/h2*11-13,16-17,23,26H,3-10,14-15,18-22H2,1-2H3,(H,29,30);/q;;+2/p-2. The van der Waals surface area contributed by atoms with Crippen molar-refractivity contribution >= 4 is 72.8 Å². The molecule has 4 unspecified atom stereocenters. The number of carboxylic acids is 2. The number of esters is 2. The van der Waals surface area contributed by atoms with E-state index in [9.17, 15) is 29.4 Å². The molecule has 0 spiro atoms. The molecule has 0 heterocycles. The van der Waals surface area contributed by atoms with Crippen LogP contribution in [0.2, 0.25) is 0 Å². The average Bonchev–Trinajstić information content (AvgIpc) is 3.26. The van der Waals surface area contributed by atoms with Crippen LogP contribution in [0.1, 0.15) is 219 Å². The van der Waals surface area contributed by atoms with Gasteiger partial charge in [0.1, 0.15) is 0 Å². The minimum Gasteiger partial charge on any atom is -0.550 e. The first-order chi connectivity index (χ1) is 30.9. The zero-order chi connectivity index (χ0) is 46.9. The van der Waals surface area contributed by atoms with E-state index in [4.69, 9.17) is 18.9 Å². The van der Waals surface area contributed by atoms with Gasteiger partial charge in [-0.25, -0.2) is 0 Å². The molecule has 0 aliphatic heterocycles. The zero-order valence-corrected chi connectivity index (χ0v) is 45.5. The summed E-state index contributed by atoms with van der Waals surface area (Å²) >= 11 is 0. The van der Waals surface area contributed by atoms with Crippen molar-refractivity contribution in [1.29, 1.82) is 0 Å². The Morgan fingerprint density at radius 3 is 0.969 bits per heavy atom. The molecule has 2 rings (SSSR count). The summed E-state index contributed by atoms with van der Waals surface area (Å²) in [5.41, 5.74) is 2.37. The second-order valence-electron chi connectivity index (χ2n) is 17.7. The summed E-state index contributed by atoms with van der Waals surface area (Å²) in [6.45, 7) is 8.04. The third-order valence-electron chi connectivity index (χ3n) is 11.5. The first kappa shape index (κ1) is 62.8. The Bertz CT molecular complexity index is 1320. The summed E-state index contributed by atoms with van der Waals surface area (Å²) in [5, 5.41) is 20.7. The summed E-state index contributed by atoms with van der Waals surface area (Å²) in [6, 6.07) is 20.5. The van der Waals surface area contributed by atoms with Gasteiger partial charge in [0.05, 0.1) is 37.6 Å². The van der Waals surface area contributed by atoms with E-state index in [2.05, 4.69) is 24.3 Å². The van der Waals surface area contributed by atoms with E-state index in [1.165, 1.54) is 102 Å². The number of carbonyl (C=O) groups excluding carboxylic acids is 4. The Labute approximate surface area is 434 Å². The molecule has 4 atom stereocenters. The van der Waals surface area contributed by atoms with Crippen LogP contribution >= 0.6 is 0 Å². The molecule has 10 nitrogen and oxygen atoms in total. The molecule has 0 aliphatic rings. The molecule has 0 amide bonds. The smallest absolute Gasteiger partial charge is 0.550 e. The summed E-state index contributed by atoms with van der Waals surface area (Å²) in [5.74, 6) is -2.32. The van der Waals surface area contributed by atoms with Crippen LogP contribution in [0.5, 0.6) is 0 Å². The minimum atomic E-state index is -0.934. The van der Waals surface area contributed by atoms with Crippen LogP contribution in [0.4, 0.5) is 0 Å². The van der Waals surface area contributed by atoms with Crippen molar-refractivity contribution in [2.45, 2.75) is 245 Å². The third-order valence-corrected chi connectivity index (χ3v) is 11.5. The quantitative estimate of drug-likeness (QED) is 0.0358. The molecular weight excluding hydrogens is 946 g/mol. The van der Waals surface area contributed by atoms with Gasteiger partial charge in [-0.2, -0.15) is 0 Å². The van der Waals surface area contributed by atoms with E-state index >= 15 is 0 Å². The molecule has 2 aromatic rings. The van der Waals surface area contributed by atoms with Crippen LogP contribution in [0.3, 0.4) is 0 Å². The largest absolute Gasteiger partial charge is 2.00 e. The normalized spacial score (nSPS) is 12.7. The van der Waals surface area contributed by atoms with Crippen molar-refractivity contribution < 1.29 is 48.3 Å². The van der Waals surface area contributed by atoms with Crippen molar-refractivity contribution in [3.8, 4) is 0 Å². The fourth-order valence-corrected chi connectivity index (χ4v) is 7.84. The van der Waals surface area contributed by atoms with Gasteiger partial charge in [-0.3, -0.25) is 9.59 Å². The maximum atomic E-state index is 11.1. The molecule has 0 N–H and O–H groups in total. The fraction of sp³-hybridized carbons (Fsp3) is 0.704. The van der Waals surface area contributed by atoms with Crippen LogP contribution in [0.15, 0.2) is 60.7 Å². The number of unbranched alkanes of at least 4 members (excludes halogenated alkanes) is 18. The number of carbonyl (C=O) groups is 4. The van der Waals surface area contributed by atoms with Gasteiger partial charge in [-0.1, -0.05) is 176 Å². The maximum Gasteiger partial charge on any atom is 2.00 e. The van der Waals surface area contributed by atoms with E-state index in [-0.39, 0.29) is 98.1 Å². The molecule has 0 aromatic heterocycles. The van der Waals surface area contributed by atoms with Gasteiger partial charge in [0.25, 0.3) is 0 Å². The van der Waals surface area contributed by atoms with E-state index in [1.54, 1.807) is 0 Å². The monoisotopic (exact) mass is 1030 g/mol. The predicted molar refractivity (Wildman–Crippen MR) is 258 cm³/mol. The molecule has 65 heavy (non-hydrogen) atoms. The molecule has 0 saturated carbocycles. The first-order valence-electron chi connectivity index (χ1n) is 25.0. The zero-order valence-electron chi connectivity index (χ0n) is 41.1. The van der Waals surface area contributed by atoms with Crippen LogP contribution < -0.4 is 10.2 Å². The number of carboxylic acid groups (broad SMARTS) is 2. The summed E-state index contributed by atoms with van der Waals surface area (Å²) < 4.78 is 22.9. The SMILES string of the molecule is CC(=O)OC(C)CCC(CCCCCCCCCCCCC(=O)[O-])OCc1ccccc1.CC(=O)OC(C)CCC(CCCCCCCCCCCCC(=O)[O-])OCc1ccccc1.[Ba+2]. The Morgan fingerprint density at radius 2 is 0.692 bits per heavy atom. The van der Waals surface area contributed by atoms with Crippen molar-refractivity contribution in [2.75, 3.05) is 0 Å². The molecule has 11 heteroatoms. The second kappa shape index (κ2) is 44.3. The number of rotatable bonds is 40. The molecule has 0 saturated heterocycles. The molecule has 0 aliphatic carbocycles. The molecule has 0 radical (unpaired) electrons. The van der Waals surface area contributed by atoms with Gasteiger partial charge in [0.15, 0.2) is 0 Å². The maximum absolute atomic E-state index is 11.1. The van der Waals surface area contributed by atoms with Crippen molar-refractivity contribution in [3.05, 3.63) is 71.8 Å². The number of benzene rings is 2. The Kier molecular flexibility index (Phi) is 42.8. The predicted octanol–water partition coefficient (Wildman–Crippen LogP) is 11.1. The van der Waals surface area contributed by atoms with Gasteiger partial charge >= 0.3 is 60.8 Å². The van der Waals surface area contributed by atoms with Gasteiger partial charge in [-0.05, 0) is 89.2 Å². The Morgan fingerprint density at radius 1 is 0.415 bits per heavy atom. The molecule has 0 bridgehead atoms. The van der Waals surface area contributed by atoms with Gasteiger partial charge in [0, 0.05) is 25.8 Å². The topological polar surface area (TPSA) is 151 Å². The Balaban J connectivity index is 0.00000124. The van der Waals surface area contributed by atoms with Crippen LogP contribution in [0, 0.1) is 0 Å². The molecule has 2 aromatic carbocycles. The third kappa shape index (κ3) is 42.9. The van der Waals surface area contributed by atoms with E-state index in [1.807, 2.05) is 50.2 Å². The van der Waals surface area contributed by atoms with Gasteiger partial charge in [0.2, 0.25) is 0 Å². The van der Waals surface area contributed by atoms with E-state index < -0.39 is 11.9 Å². The Hall–Kier alpha value is -2.19. The number of aliphatic carboxylic acids is 2. The van der Waals surface area contributed by atoms with Crippen LogP contribution in [-0.2, 0) is 51.3 Å². The van der Waals surface area contributed by atoms with Crippen LogP contribution in [0.25, 0.3) is 0 Å². The van der Waals surface area contributed by atoms with Crippen LogP contribution in [-0.4, -0.2) is 97.2 Å². The summed E-state index contributed by atoms with van der Waals surface area (Å²) in [6.07, 6.45) is 29.0. The van der Waals surface area contributed by atoms with Gasteiger partial charge in [-0.15, -0.1) is 0 Å².